The highest BCUT2D eigenvalue weighted by Crippen LogP contribution is 2.42. The van der Waals surface area contributed by atoms with Crippen molar-refractivity contribution in [1.29, 1.82) is 5.26 Å². The largest absolute Gasteiger partial charge is 0.477 e. The van der Waals surface area contributed by atoms with E-state index in [1.807, 2.05) is 6.07 Å². The van der Waals surface area contributed by atoms with Gasteiger partial charge in [-0.05, 0) is 73.3 Å². The third-order valence-corrected chi connectivity index (χ3v) is 7.54. The predicted molar refractivity (Wildman–Crippen MR) is 130 cm³/mol. The summed E-state index contributed by atoms with van der Waals surface area (Å²) >= 11 is 1.36. The van der Waals surface area contributed by atoms with E-state index < -0.39 is 5.97 Å². The standard InChI is InChI=1S/C27H33NO3S/c1-3-4-5-9-24(31-2)19-10-12-21(13-11-19)26-20(14-15-22(26)18-28)7-6-8-23-16-17-25(32-23)27(29)30/h10-13,16-17,20,24H,3-9,14-15H2,1-2H3,(H,29,30)/t20-,24?/m0/s1. The molecule has 170 valence electrons. The second-order valence-corrected chi connectivity index (χ2v) is 9.71. The molecule has 0 saturated heterocycles. The molecule has 0 spiro atoms. The van der Waals surface area contributed by atoms with Crippen molar-refractivity contribution < 1.29 is 14.6 Å². The summed E-state index contributed by atoms with van der Waals surface area (Å²) in [6, 6.07) is 14.7. The van der Waals surface area contributed by atoms with Crippen LogP contribution in [0.2, 0.25) is 0 Å². The molecule has 1 aromatic carbocycles. The van der Waals surface area contributed by atoms with Crippen LogP contribution in [-0.2, 0) is 11.2 Å². The van der Waals surface area contributed by atoms with Gasteiger partial charge in [0.1, 0.15) is 4.88 Å². The Morgan fingerprint density at radius 3 is 2.62 bits per heavy atom. The van der Waals surface area contributed by atoms with Crippen LogP contribution in [0.4, 0.5) is 0 Å². The van der Waals surface area contributed by atoms with Gasteiger partial charge in [-0.1, -0.05) is 50.5 Å². The molecule has 1 unspecified atom stereocenters. The zero-order valence-corrected chi connectivity index (χ0v) is 19.9. The van der Waals surface area contributed by atoms with Crippen LogP contribution >= 0.6 is 11.3 Å². The van der Waals surface area contributed by atoms with Crippen LogP contribution in [0.15, 0.2) is 42.0 Å². The summed E-state index contributed by atoms with van der Waals surface area (Å²) in [4.78, 5) is 12.6. The second kappa shape index (κ2) is 12.0. The Balaban J connectivity index is 1.65. The fraction of sp³-hybridized carbons (Fsp3) is 0.481. The predicted octanol–water partition coefficient (Wildman–Crippen LogP) is 7.42. The number of benzene rings is 1. The molecule has 0 bridgehead atoms. The zero-order valence-electron chi connectivity index (χ0n) is 19.1. The average molecular weight is 452 g/mol. The number of aryl methyl sites for hydroxylation is 1. The number of thiophene rings is 1. The lowest BCUT2D eigenvalue weighted by molar-refractivity contribution is 0.0702. The van der Waals surface area contributed by atoms with E-state index in [1.54, 1.807) is 13.2 Å². The fourth-order valence-corrected chi connectivity index (χ4v) is 5.57. The number of hydrogen-bond acceptors (Lipinski definition) is 4. The SMILES string of the molecule is CCCCCC(OC)c1ccc(C2=C(C#N)CC[C@@H]2CCCc2ccc(C(=O)O)s2)cc1. The third kappa shape index (κ3) is 6.09. The number of rotatable bonds is 12. The summed E-state index contributed by atoms with van der Waals surface area (Å²) in [6.45, 7) is 2.21. The number of aromatic carboxylic acids is 1. The molecule has 0 fully saturated rings. The maximum atomic E-state index is 11.1. The first-order chi connectivity index (χ1) is 15.6. The Bertz CT molecular complexity index is 968. The third-order valence-electron chi connectivity index (χ3n) is 6.41. The van der Waals surface area contributed by atoms with E-state index in [-0.39, 0.29) is 6.10 Å². The van der Waals surface area contributed by atoms with Gasteiger partial charge in [-0.15, -0.1) is 11.3 Å². The number of allylic oxidation sites excluding steroid dienone is 2. The lowest BCUT2D eigenvalue weighted by atomic mass is 9.88. The summed E-state index contributed by atoms with van der Waals surface area (Å²) in [5.41, 5.74) is 4.48. The molecule has 2 atom stereocenters. The molecule has 1 N–H and O–H groups in total. The van der Waals surface area contributed by atoms with Crippen LogP contribution in [-0.4, -0.2) is 18.2 Å². The lowest BCUT2D eigenvalue weighted by Crippen LogP contribution is -2.03. The molecular formula is C27H33NO3S. The van der Waals surface area contributed by atoms with E-state index in [4.69, 9.17) is 9.84 Å². The number of ether oxygens (including phenoxy) is 1. The second-order valence-electron chi connectivity index (χ2n) is 8.55. The van der Waals surface area contributed by atoms with Gasteiger partial charge in [0.25, 0.3) is 0 Å². The van der Waals surface area contributed by atoms with Gasteiger partial charge in [0.15, 0.2) is 0 Å². The number of nitriles is 1. The number of unbranched alkanes of at least 4 members (excludes halogenated alkanes) is 2. The van der Waals surface area contributed by atoms with Gasteiger partial charge < -0.3 is 9.84 Å². The van der Waals surface area contributed by atoms with Crippen molar-refractivity contribution in [2.24, 2.45) is 5.92 Å². The summed E-state index contributed by atoms with van der Waals surface area (Å²) < 4.78 is 5.72. The van der Waals surface area contributed by atoms with E-state index in [0.29, 0.717) is 10.8 Å². The molecule has 1 aliphatic carbocycles. The van der Waals surface area contributed by atoms with Crippen LogP contribution in [0.25, 0.3) is 5.57 Å². The van der Waals surface area contributed by atoms with Crippen LogP contribution < -0.4 is 0 Å². The highest BCUT2D eigenvalue weighted by molar-refractivity contribution is 7.13. The molecule has 4 nitrogen and oxygen atoms in total. The number of carboxylic acids is 1. The summed E-state index contributed by atoms with van der Waals surface area (Å²) in [5.74, 6) is -0.470. The Kier molecular flexibility index (Phi) is 9.08. The molecular weight excluding hydrogens is 418 g/mol. The Morgan fingerprint density at radius 1 is 1.22 bits per heavy atom. The quantitative estimate of drug-likeness (QED) is 0.341. The number of carbonyl (C=O) groups is 1. The summed E-state index contributed by atoms with van der Waals surface area (Å²) in [5, 5.41) is 18.8. The molecule has 0 saturated carbocycles. The molecule has 2 aromatic rings. The van der Waals surface area contributed by atoms with Crippen molar-refractivity contribution in [3.63, 3.8) is 0 Å². The highest BCUT2D eigenvalue weighted by Gasteiger charge is 2.26. The van der Waals surface area contributed by atoms with Gasteiger partial charge in [-0.3, -0.25) is 0 Å². The Hall–Kier alpha value is -2.42. The van der Waals surface area contributed by atoms with Crippen molar-refractivity contribution in [3.8, 4) is 6.07 Å². The minimum absolute atomic E-state index is 0.126. The van der Waals surface area contributed by atoms with Crippen LogP contribution in [0.3, 0.4) is 0 Å². The Morgan fingerprint density at radius 2 is 2.00 bits per heavy atom. The molecule has 5 heteroatoms. The minimum atomic E-state index is -0.856. The number of methoxy groups -OCH3 is 1. The van der Waals surface area contributed by atoms with E-state index in [0.717, 1.165) is 54.5 Å². The first-order valence-electron chi connectivity index (χ1n) is 11.7. The highest BCUT2D eigenvalue weighted by atomic mass is 32.1. The van der Waals surface area contributed by atoms with E-state index in [2.05, 4.69) is 37.3 Å². The fourth-order valence-electron chi connectivity index (χ4n) is 4.69. The molecule has 0 radical (unpaired) electrons. The average Bonchev–Trinajstić information content (AvgIpc) is 3.44. The van der Waals surface area contributed by atoms with Gasteiger partial charge in [0.2, 0.25) is 0 Å². The van der Waals surface area contributed by atoms with Crippen molar-refractivity contribution in [1.82, 2.24) is 0 Å². The van der Waals surface area contributed by atoms with Crippen molar-refractivity contribution >= 4 is 22.9 Å². The molecule has 3 rings (SSSR count). The first kappa shape index (κ1) is 24.2. The lowest BCUT2D eigenvalue weighted by Gasteiger charge is -2.18. The zero-order chi connectivity index (χ0) is 22.9. The smallest absolute Gasteiger partial charge is 0.345 e. The van der Waals surface area contributed by atoms with Crippen LogP contribution in [0, 0.1) is 17.2 Å². The minimum Gasteiger partial charge on any atom is -0.477 e. The van der Waals surface area contributed by atoms with Gasteiger partial charge in [-0.2, -0.15) is 5.26 Å². The van der Waals surface area contributed by atoms with Gasteiger partial charge >= 0.3 is 5.97 Å². The normalized spacial score (nSPS) is 16.8. The van der Waals surface area contributed by atoms with Gasteiger partial charge in [0, 0.05) is 17.6 Å². The molecule has 1 aliphatic rings. The molecule has 1 heterocycles. The van der Waals surface area contributed by atoms with Crippen LogP contribution in [0.5, 0.6) is 0 Å². The maximum Gasteiger partial charge on any atom is 0.345 e. The van der Waals surface area contributed by atoms with E-state index in [1.165, 1.54) is 41.7 Å². The number of carboxylic acid groups (broad SMARTS) is 1. The first-order valence-corrected chi connectivity index (χ1v) is 12.5. The van der Waals surface area contributed by atoms with Gasteiger partial charge in [0.05, 0.1) is 12.2 Å². The number of nitrogens with zero attached hydrogens (tertiary/aromatic N) is 1. The number of hydrogen-bond donors (Lipinski definition) is 1. The molecule has 1 aromatic heterocycles. The molecule has 0 aliphatic heterocycles. The van der Waals surface area contributed by atoms with Crippen molar-refractivity contribution in [2.75, 3.05) is 7.11 Å². The van der Waals surface area contributed by atoms with Crippen molar-refractivity contribution in [2.45, 2.75) is 70.8 Å². The molecule has 32 heavy (non-hydrogen) atoms. The summed E-state index contributed by atoms with van der Waals surface area (Å²) in [6.07, 6.45) is 9.51. The monoisotopic (exact) mass is 451 g/mol. The maximum absolute atomic E-state index is 11.1. The van der Waals surface area contributed by atoms with E-state index in [9.17, 15) is 10.1 Å². The Labute approximate surface area is 195 Å². The van der Waals surface area contributed by atoms with E-state index >= 15 is 0 Å². The summed E-state index contributed by atoms with van der Waals surface area (Å²) in [7, 11) is 1.78. The van der Waals surface area contributed by atoms with Gasteiger partial charge in [-0.25, -0.2) is 4.79 Å². The molecule has 0 amide bonds. The van der Waals surface area contributed by atoms with Crippen LogP contribution in [0.1, 0.15) is 90.1 Å². The van der Waals surface area contributed by atoms with Crippen molar-refractivity contribution in [3.05, 3.63) is 62.9 Å². The topological polar surface area (TPSA) is 70.3 Å².